The van der Waals surface area contributed by atoms with E-state index >= 15 is 0 Å². The van der Waals surface area contributed by atoms with Crippen LogP contribution in [-0.4, -0.2) is 48.1 Å². The van der Waals surface area contributed by atoms with Gasteiger partial charge in [0, 0.05) is 41.9 Å². The van der Waals surface area contributed by atoms with Gasteiger partial charge in [-0.3, -0.25) is 19.2 Å². The van der Waals surface area contributed by atoms with Crippen LogP contribution >= 0.6 is 34.8 Å². The summed E-state index contributed by atoms with van der Waals surface area (Å²) in [6.07, 6.45) is -1.21. The number of hydrogen-bond donors (Lipinski definition) is 6. The van der Waals surface area contributed by atoms with Crippen LogP contribution in [-0.2, 0) is 32.4 Å². The van der Waals surface area contributed by atoms with Gasteiger partial charge in [0.15, 0.2) is 5.75 Å². The molecule has 0 aliphatic rings. The third-order valence-corrected chi connectivity index (χ3v) is 7.87. The van der Waals surface area contributed by atoms with Gasteiger partial charge in [-0.2, -0.15) is 0 Å². The van der Waals surface area contributed by atoms with Gasteiger partial charge >= 0.3 is 11.9 Å². The SMILES string of the molecule is CNc1cc(C)cc(COc2c(Cl)cc(NC(=O)CC(=O)O)cc2Cl)c1.CNc1cc(Cl)cc(COc2c(C)cc(NC(=O)CC(=O)O)cc2C)c1. The Bertz CT molecular complexity index is 1770. The molecule has 4 aromatic rings. The molecule has 0 saturated carbocycles. The van der Waals surface area contributed by atoms with E-state index in [0.717, 1.165) is 39.2 Å². The Hall–Kier alpha value is -5.17. The van der Waals surface area contributed by atoms with E-state index in [1.54, 1.807) is 12.1 Å². The number of aryl methyl sites for hydroxylation is 3. The molecule has 2 amide bonds. The lowest BCUT2D eigenvalue weighted by Gasteiger charge is -2.15. The minimum Gasteiger partial charge on any atom is -0.488 e. The van der Waals surface area contributed by atoms with Crippen molar-refractivity contribution in [1.29, 1.82) is 0 Å². The number of carbonyl (C=O) groups excluding carboxylic acids is 2. The first kappa shape index (κ1) is 41.3. The summed E-state index contributed by atoms with van der Waals surface area (Å²) < 4.78 is 11.7. The second-order valence-corrected chi connectivity index (χ2v) is 12.8. The minimum absolute atomic E-state index is 0.213. The topological polar surface area (TPSA) is 175 Å². The summed E-state index contributed by atoms with van der Waals surface area (Å²) in [7, 11) is 3.66. The van der Waals surface area contributed by atoms with Crippen LogP contribution in [0.3, 0.4) is 0 Å². The lowest BCUT2D eigenvalue weighted by molar-refractivity contribution is -0.141. The predicted octanol–water partition coefficient (Wildman–Crippen LogP) is 8.33. The quantitative estimate of drug-likeness (QED) is 0.0684. The summed E-state index contributed by atoms with van der Waals surface area (Å²) in [5, 5.41) is 29.4. The molecule has 15 heteroatoms. The Labute approximate surface area is 316 Å². The van der Waals surface area contributed by atoms with Crippen molar-refractivity contribution in [2.45, 2.75) is 46.8 Å². The highest BCUT2D eigenvalue weighted by Crippen LogP contribution is 2.37. The van der Waals surface area contributed by atoms with Crippen molar-refractivity contribution in [3.8, 4) is 11.5 Å². The summed E-state index contributed by atoms with van der Waals surface area (Å²) in [6.45, 7) is 6.33. The fourth-order valence-electron chi connectivity index (χ4n) is 4.98. The van der Waals surface area contributed by atoms with Crippen LogP contribution in [0, 0.1) is 20.8 Å². The van der Waals surface area contributed by atoms with Gasteiger partial charge in [0.2, 0.25) is 11.8 Å². The summed E-state index contributed by atoms with van der Waals surface area (Å²) in [5.41, 5.74) is 7.35. The van der Waals surface area contributed by atoms with Crippen LogP contribution in [0.2, 0.25) is 15.1 Å². The van der Waals surface area contributed by atoms with Crippen molar-refractivity contribution in [3.63, 3.8) is 0 Å². The number of ether oxygens (including phenoxy) is 2. The smallest absolute Gasteiger partial charge is 0.312 e. The zero-order chi connectivity index (χ0) is 38.5. The highest BCUT2D eigenvalue weighted by molar-refractivity contribution is 6.37. The molecule has 0 unspecified atom stereocenters. The Balaban J connectivity index is 0.000000280. The zero-order valence-corrected chi connectivity index (χ0v) is 31.3. The van der Waals surface area contributed by atoms with Crippen molar-refractivity contribution in [2.24, 2.45) is 0 Å². The third kappa shape index (κ3) is 13.2. The predicted molar refractivity (Wildman–Crippen MR) is 205 cm³/mol. The first-order chi connectivity index (χ1) is 24.6. The second-order valence-electron chi connectivity index (χ2n) is 11.6. The van der Waals surface area contributed by atoms with Crippen LogP contribution in [0.1, 0.15) is 40.7 Å². The van der Waals surface area contributed by atoms with Gasteiger partial charge in [0.05, 0.1) is 10.0 Å². The number of hydrogen-bond acceptors (Lipinski definition) is 8. The zero-order valence-electron chi connectivity index (χ0n) is 29.1. The normalized spacial score (nSPS) is 10.3. The van der Waals surface area contributed by atoms with Crippen molar-refractivity contribution >= 4 is 81.3 Å². The fourth-order valence-corrected chi connectivity index (χ4v) is 5.84. The van der Waals surface area contributed by atoms with Gasteiger partial charge < -0.3 is 41.0 Å². The van der Waals surface area contributed by atoms with Gasteiger partial charge in [-0.1, -0.05) is 40.9 Å². The maximum Gasteiger partial charge on any atom is 0.312 e. The van der Waals surface area contributed by atoms with Gasteiger partial charge in [-0.15, -0.1) is 0 Å². The van der Waals surface area contributed by atoms with Crippen molar-refractivity contribution in [2.75, 3.05) is 35.4 Å². The number of anilines is 4. The fraction of sp³-hybridized carbons (Fsp3) is 0.243. The van der Waals surface area contributed by atoms with Crippen molar-refractivity contribution in [3.05, 3.63) is 104 Å². The van der Waals surface area contributed by atoms with Gasteiger partial charge in [-0.25, -0.2) is 0 Å². The average Bonchev–Trinajstić information content (AvgIpc) is 3.03. The molecule has 4 rings (SSSR count). The molecule has 0 atom stereocenters. The molecule has 4 aromatic carbocycles. The monoisotopic (exact) mass is 772 g/mol. The van der Waals surface area contributed by atoms with Crippen LogP contribution in [0.5, 0.6) is 11.5 Å². The summed E-state index contributed by atoms with van der Waals surface area (Å²) in [4.78, 5) is 44.2. The minimum atomic E-state index is -1.22. The number of benzene rings is 4. The Morgan fingerprint density at radius 3 is 1.50 bits per heavy atom. The third-order valence-electron chi connectivity index (χ3n) is 7.09. The first-order valence-electron chi connectivity index (χ1n) is 15.7. The lowest BCUT2D eigenvalue weighted by Crippen LogP contribution is -2.16. The standard InChI is InChI=1S/C19H21ClN2O4.C18H18Cl2N2O4/c1-11-4-16(22-17(23)9-18(24)25)5-12(2)19(11)26-10-13-6-14(20)8-15(7-13)21-3;1-10-3-11(5-12(4-10)21-2)9-26-18-14(19)6-13(7-15(18)20)22-16(23)8-17(24)25/h4-8,21H,9-10H2,1-3H3,(H,22,23)(H,24,25);3-7,21H,8-9H2,1-2H3,(H,22,23)(H,24,25). The molecule has 0 aromatic heterocycles. The highest BCUT2D eigenvalue weighted by Gasteiger charge is 2.15. The molecule has 0 heterocycles. The molecule has 0 radical (unpaired) electrons. The molecule has 0 aliphatic carbocycles. The molecule has 12 nitrogen and oxygen atoms in total. The molecule has 0 fully saturated rings. The number of nitrogens with one attached hydrogen (secondary N) is 4. The van der Waals surface area contributed by atoms with Gasteiger partial charge in [0.25, 0.3) is 0 Å². The number of carboxylic acid groups (broad SMARTS) is 2. The van der Waals surface area contributed by atoms with Crippen LogP contribution in [0.4, 0.5) is 22.7 Å². The molecule has 276 valence electrons. The Morgan fingerprint density at radius 1 is 0.577 bits per heavy atom. The molecular formula is C37H39Cl3N4O8. The maximum absolute atomic E-state index is 11.6. The van der Waals surface area contributed by atoms with Crippen LogP contribution in [0.25, 0.3) is 0 Å². The number of halogens is 3. The molecule has 0 aliphatic heterocycles. The maximum atomic E-state index is 11.6. The van der Waals surface area contributed by atoms with Gasteiger partial charge in [0.1, 0.15) is 31.8 Å². The van der Waals surface area contributed by atoms with E-state index in [4.69, 9.17) is 54.5 Å². The number of aliphatic carboxylic acids is 2. The molecule has 52 heavy (non-hydrogen) atoms. The number of carbonyl (C=O) groups is 4. The van der Waals surface area contributed by atoms with E-state index in [-0.39, 0.29) is 22.4 Å². The number of rotatable bonds is 14. The van der Waals surface area contributed by atoms with Crippen LogP contribution < -0.4 is 30.7 Å². The van der Waals surface area contributed by atoms with E-state index in [1.807, 2.05) is 71.3 Å². The lowest BCUT2D eigenvalue weighted by atomic mass is 10.1. The van der Waals surface area contributed by atoms with E-state index in [2.05, 4.69) is 21.3 Å². The Morgan fingerprint density at radius 2 is 1.02 bits per heavy atom. The van der Waals surface area contributed by atoms with E-state index in [0.29, 0.717) is 28.8 Å². The molecule has 0 saturated heterocycles. The largest absolute Gasteiger partial charge is 0.488 e. The Kier molecular flexibility index (Phi) is 15.4. The molecular weight excluding hydrogens is 735 g/mol. The highest BCUT2D eigenvalue weighted by atomic mass is 35.5. The van der Waals surface area contributed by atoms with Crippen molar-refractivity contribution < 1.29 is 38.9 Å². The summed E-state index contributed by atoms with van der Waals surface area (Å²) >= 11 is 18.5. The van der Waals surface area contributed by atoms with Crippen LogP contribution in [0.15, 0.2) is 60.7 Å². The number of amides is 2. The average molecular weight is 774 g/mol. The molecule has 6 N–H and O–H groups in total. The van der Waals surface area contributed by atoms with E-state index in [1.165, 1.54) is 12.1 Å². The summed E-state index contributed by atoms with van der Waals surface area (Å²) in [6, 6.07) is 18.0. The van der Waals surface area contributed by atoms with E-state index in [9.17, 15) is 19.2 Å². The van der Waals surface area contributed by atoms with Gasteiger partial charge in [-0.05, 0) is 103 Å². The van der Waals surface area contributed by atoms with E-state index < -0.39 is 36.6 Å². The van der Waals surface area contributed by atoms with Crippen molar-refractivity contribution in [1.82, 2.24) is 0 Å². The molecule has 0 spiro atoms. The second kappa shape index (κ2) is 19.4. The molecule has 0 bridgehead atoms. The summed E-state index contributed by atoms with van der Waals surface area (Å²) in [5.74, 6) is -2.62. The first-order valence-corrected chi connectivity index (χ1v) is 16.8. The number of carboxylic acids is 2.